The molecule has 2 rings (SSSR count). The van der Waals surface area contributed by atoms with E-state index >= 15 is 0 Å². The Bertz CT molecular complexity index is 739. The van der Waals surface area contributed by atoms with Gasteiger partial charge >= 0.3 is 12.1 Å². The molecule has 146 valence electrons. The van der Waals surface area contributed by atoms with Gasteiger partial charge in [-0.3, -0.25) is 0 Å². The lowest BCUT2D eigenvalue weighted by molar-refractivity contribution is -0.145. The number of carboxylic acid groups (broad SMARTS) is 1. The van der Waals surface area contributed by atoms with Crippen LogP contribution in [0.2, 0.25) is 0 Å². The van der Waals surface area contributed by atoms with E-state index < -0.39 is 23.8 Å². The number of aliphatic carboxylic acids is 1. The van der Waals surface area contributed by atoms with Crippen molar-refractivity contribution < 1.29 is 27.8 Å². The number of alkyl halides is 3. The second kappa shape index (κ2) is 9.44. The molecule has 0 aliphatic rings. The zero-order chi connectivity index (χ0) is 19.9. The van der Waals surface area contributed by atoms with E-state index in [0.29, 0.717) is 37.0 Å². The molecule has 1 N–H and O–H groups in total. The number of carboxylic acids is 1. The van der Waals surface area contributed by atoms with E-state index in [-0.39, 0.29) is 0 Å². The van der Waals surface area contributed by atoms with E-state index in [4.69, 9.17) is 4.74 Å². The number of benzene rings is 2. The summed E-state index contributed by atoms with van der Waals surface area (Å²) in [5.41, 5.74) is 1.05. The van der Waals surface area contributed by atoms with E-state index in [9.17, 15) is 23.1 Å². The number of rotatable bonds is 9. The van der Waals surface area contributed by atoms with Crippen molar-refractivity contribution in [1.82, 2.24) is 0 Å². The monoisotopic (exact) mass is 380 g/mol. The van der Waals surface area contributed by atoms with Crippen LogP contribution >= 0.6 is 0 Å². The van der Waals surface area contributed by atoms with Gasteiger partial charge in [0.1, 0.15) is 5.75 Å². The summed E-state index contributed by atoms with van der Waals surface area (Å²) in [6, 6.07) is 12.5. The predicted octanol–water partition coefficient (Wildman–Crippen LogP) is 5.65. The summed E-state index contributed by atoms with van der Waals surface area (Å²) in [4.78, 5) is 11.4. The third kappa shape index (κ3) is 6.96. The Morgan fingerprint density at radius 1 is 1.07 bits per heavy atom. The Morgan fingerprint density at radius 2 is 1.78 bits per heavy atom. The number of hydrogen-bond acceptors (Lipinski definition) is 2. The summed E-state index contributed by atoms with van der Waals surface area (Å²) in [5.74, 6) is -0.509. The first-order chi connectivity index (χ1) is 12.8. The van der Waals surface area contributed by atoms with Crippen molar-refractivity contribution in [3.05, 3.63) is 65.2 Å². The number of hydrogen-bond donors (Lipinski definition) is 1. The molecule has 0 heterocycles. The van der Waals surface area contributed by atoms with Gasteiger partial charge in [0.05, 0.1) is 5.56 Å². The highest BCUT2D eigenvalue weighted by Crippen LogP contribution is 2.29. The van der Waals surface area contributed by atoms with E-state index in [1.54, 1.807) is 18.2 Å². The van der Waals surface area contributed by atoms with Gasteiger partial charge in [0.2, 0.25) is 0 Å². The molecule has 0 fully saturated rings. The zero-order valence-corrected chi connectivity index (χ0v) is 15.1. The Hall–Kier alpha value is -2.50. The molecule has 3 nitrogen and oxygen atoms in total. The van der Waals surface area contributed by atoms with Crippen LogP contribution in [0.4, 0.5) is 13.2 Å². The first-order valence-electron chi connectivity index (χ1n) is 8.88. The van der Waals surface area contributed by atoms with Gasteiger partial charge in [0.15, 0.2) is 6.10 Å². The van der Waals surface area contributed by atoms with Gasteiger partial charge in [-0.2, -0.15) is 13.2 Å². The maximum Gasteiger partial charge on any atom is 0.416 e. The fourth-order valence-corrected chi connectivity index (χ4v) is 2.75. The molecule has 0 saturated carbocycles. The highest BCUT2D eigenvalue weighted by molar-refractivity contribution is 5.72. The molecule has 0 amide bonds. The fraction of sp³-hybridized carbons (Fsp3) is 0.381. The SMILES string of the molecule is Cc1ccc(OC(CCCCCc2cccc(C(F)(F)F)c2)C(=O)O)cc1. The zero-order valence-electron chi connectivity index (χ0n) is 15.1. The number of unbranched alkanes of at least 4 members (excludes halogenated alkanes) is 2. The molecule has 1 atom stereocenters. The molecule has 0 aliphatic heterocycles. The minimum absolute atomic E-state index is 0.353. The summed E-state index contributed by atoms with van der Waals surface area (Å²) in [5, 5.41) is 9.30. The lowest BCUT2D eigenvalue weighted by Gasteiger charge is -2.15. The molecule has 0 saturated heterocycles. The van der Waals surface area contributed by atoms with E-state index in [1.165, 1.54) is 12.1 Å². The first-order valence-corrected chi connectivity index (χ1v) is 8.88. The van der Waals surface area contributed by atoms with Crippen molar-refractivity contribution >= 4 is 5.97 Å². The Kier molecular flexibility index (Phi) is 7.28. The standard InChI is InChI=1S/C21H23F3O3/c1-15-10-12-18(13-11-15)27-19(20(25)26)9-4-2-3-6-16-7-5-8-17(14-16)21(22,23)24/h5,7-8,10-14,19H,2-4,6,9H2,1H3,(H,25,26). The predicted molar refractivity (Wildman–Crippen MR) is 96.8 cm³/mol. The normalized spacial score (nSPS) is 12.6. The number of aryl methyl sites for hydroxylation is 2. The lowest BCUT2D eigenvalue weighted by atomic mass is 10.0. The van der Waals surface area contributed by atoms with Crippen LogP contribution in [0.1, 0.15) is 42.4 Å². The molecule has 1 unspecified atom stereocenters. The summed E-state index contributed by atoms with van der Waals surface area (Å²) in [7, 11) is 0. The molecule has 0 aliphatic carbocycles. The van der Waals surface area contributed by atoms with Crippen molar-refractivity contribution in [1.29, 1.82) is 0 Å². The molecule has 2 aromatic carbocycles. The molecule has 0 aromatic heterocycles. The second-order valence-electron chi connectivity index (χ2n) is 6.56. The summed E-state index contributed by atoms with van der Waals surface area (Å²) >= 11 is 0. The van der Waals surface area contributed by atoms with Crippen LogP contribution in [0, 0.1) is 6.92 Å². The van der Waals surface area contributed by atoms with Crippen LogP contribution < -0.4 is 4.74 Å². The summed E-state index contributed by atoms with van der Waals surface area (Å²) < 4.78 is 43.6. The molecule has 0 radical (unpaired) electrons. The lowest BCUT2D eigenvalue weighted by Crippen LogP contribution is -2.26. The summed E-state index contributed by atoms with van der Waals surface area (Å²) in [6.07, 6.45) is -2.34. The van der Waals surface area contributed by atoms with Crippen molar-refractivity contribution in [3.63, 3.8) is 0 Å². The highest BCUT2D eigenvalue weighted by Gasteiger charge is 2.30. The van der Waals surface area contributed by atoms with Gasteiger partial charge in [-0.1, -0.05) is 42.3 Å². The topological polar surface area (TPSA) is 46.5 Å². The molecule has 2 aromatic rings. The third-order valence-corrected chi connectivity index (χ3v) is 4.26. The van der Waals surface area contributed by atoms with Gasteiger partial charge in [-0.15, -0.1) is 0 Å². The molecule has 6 heteroatoms. The van der Waals surface area contributed by atoms with Crippen LogP contribution in [-0.2, 0) is 17.4 Å². The fourth-order valence-electron chi connectivity index (χ4n) is 2.75. The highest BCUT2D eigenvalue weighted by atomic mass is 19.4. The largest absolute Gasteiger partial charge is 0.479 e. The van der Waals surface area contributed by atoms with E-state index in [0.717, 1.165) is 18.1 Å². The van der Waals surface area contributed by atoms with Crippen LogP contribution in [0.3, 0.4) is 0 Å². The molecule has 0 spiro atoms. The minimum Gasteiger partial charge on any atom is -0.479 e. The average Bonchev–Trinajstić information content (AvgIpc) is 2.61. The summed E-state index contributed by atoms with van der Waals surface area (Å²) in [6.45, 7) is 1.93. The van der Waals surface area contributed by atoms with Crippen LogP contribution in [0.25, 0.3) is 0 Å². The van der Waals surface area contributed by atoms with E-state index in [2.05, 4.69) is 0 Å². The maximum absolute atomic E-state index is 12.7. The molecule has 0 bridgehead atoms. The van der Waals surface area contributed by atoms with Gasteiger partial charge in [0, 0.05) is 0 Å². The Morgan fingerprint density at radius 3 is 2.41 bits per heavy atom. The molecule has 27 heavy (non-hydrogen) atoms. The van der Waals surface area contributed by atoms with Crippen molar-refractivity contribution in [3.8, 4) is 5.75 Å². The van der Waals surface area contributed by atoms with Gasteiger partial charge in [-0.05, 0) is 56.4 Å². The molecular formula is C21H23F3O3. The quantitative estimate of drug-likeness (QED) is 0.572. The smallest absolute Gasteiger partial charge is 0.416 e. The van der Waals surface area contributed by atoms with Gasteiger partial charge in [0.25, 0.3) is 0 Å². The molecular weight excluding hydrogens is 357 g/mol. The number of carbonyl (C=O) groups is 1. The van der Waals surface area contributed by atoms with E-state index in [1.807, 2.05) is 19.1 Å². The van der Waals surface area contributed by atoms with Crippen molar-refractivity contribution in [2.75, 3.05) is 0 Å². The first kappa shape index (κ1) is 20.8. The average molecular weight is 380 g/mol. The van der Waals surface area contributed by atoms with Gasteiger partial charge in [-0.25, -0.2) is 4.79 Å². The van der Waals surface area contributed by atoms with Crippen molar-refractivity contribution in [2.24, 2.45) is 0 Å². The number of ether oxygens (including phenoxy) is 1. The van der Waals surface area contributed by atoms with Crippen molar-refractivity contribution in [2.45, 2.75) is 51.3 Å². The Balaban J connectivity index is 1.77. The van der Waals surface area contributed by atoms with Gasteiger partial charge < -0.3 is 9.84 Å². The Labute approximate surface area is 156 Å². The number of halogens is 3. The minimum atomic E-state index is -4.34. The van der Waals surface area contributed by atoms with Crippen LogP contribution in [0.15, 0.2) is 48.5 Å². The van der Waals surface area contributed by atoms with Crippen LogP contribution in [0.5, 0.6) is 5.75 Å². The third-order valence-electron chi connectivity index (χ3n) is 4.26. The van der Waals surface area contributed by atoms with Crippen LogP contribution in [-0.4, -0.2) is 17.2 Å². The maximum atomic E-state index is 12.7. The second-order valence-corrected chi connectivity index (χ2v) is 6.56.